The van der Waals surface area contributed by atoms with E-state index in [0.717, 1.165) is 23.1 Å². The first-order valence-corrected chi connectivity index (χ1v) is 7.52. The molecule has 112 valence electrons. The largest absolute Gasteiger partial charge is 0.311 e. The van der Waals surface area contributed by atoms with Crippen molar-refractivity contribution in [1.82, 2.24) is 15.1 Å². The number of nitro benzene ring substituents is 1. The Morgan fingerprint density at radius 2 is 2.24 bits per heavy atom. The number of benzene rings is 1. The predicted octanol–water partition coefficient (Wildman–Crippen LogP) is 3.35. The third-order valence-electron chi connectivity index (χ3n) is 3.09. The monoisotopic (exact) mass is 352 g/mol. The van der Waals surface area contributed by atoms with Crippen molar-refractivity contribution in [2.24, 2.45) is 0 Å². The Balaban J connectivity index is 2.29. The van der Waals surface area contributed by atoms with Gasteiger partial charge >= 0.3 is 0 Å². The van der Waals surface area contributed by atoms with Gasteiger partial charge in [-0.1, -0.05) is 6.92 Å². The maximum Gasteiger partial charge on any atom is 0.274 e. The van der Waals surface area contributed by atoms with Gasteiger partial charge in [-0.3, -0.25) is 10.1 Å². The standard InChI is InChI=1S/C14H17BrN4O2/c1-3-5-16-9-11-4-6-18(17-11)14-8-13(19(20)21)10(2)7-12(14)15/h4,6-8,16H,3,5,9H2,1-2H3. The van der Waals surface area contributed by atoms with Crippen LogP contribution in [0.3, 0.4) is 0 Å². The fourth-order valence-electron chi connectivity index (χ4n) is 2.01. The summed E-state index contributed by atoms with van der Waals surface area (Å²) in [6, 6.07) is 5.18. The molecule has 0 spiro atoms. The molecule has 1 aromatic heterocycles. The first kappa shape index (κ1) is 15.7. The van der Waals surface area contributed by atoms with Crippen LogP contribution in [0.2, 0.25) is 0 Å². The number of rotatable bonds is 6. The van der Waals surface area contributed by atoms with Crippen LogP contribution < -0.4 is 5.32 Å². The Morgan fingerprint density at radius 1 is 1.48 bits per heavy atom. The molecule has 7 heteroatoms. The van der Waals surface area contributed by atoms with E-state index in [0.29, 0.717) is 17.8 Å². The molecule has 0 atom stereocenters. The molecule has 0 radical (unpaired) electrons. The van der Waals surface area contributed by atoms with Gasteiger partial charge in [0.05, 0.1) is 16.3 Å². The number of hydrogen-bond donors (Lipinski definition) is 1. The minimum absolute atomic E-state index is 0.0920. The van der Waals surface area contributed by atoms with Crippen molar-refractivity contribution in [2.45, 2.75) is 26.8 Å². The maximum absolute atomic E-state index is 11.0. The van der Waals surface area contributed by atoms with Crippen LogP contribution in [0.25, 0.3) is 5.69 Å². The molecule has 2 aromatic rings. The van der Waals surface area contributed by atoms with Crippen molar-refractivity contribution in [3.05, 3.63) is 50.2 Å². The van der Waals surface area contributed by atoms with Gasteiger partial charge < -0.3 is 5.32 Å². The fourth-order valence-corrected chi connectivity index (χ4v) is 2.65. The highest BCUT2D eigenvalue weighted by molar-refractivity contribution is 9.10. The van der Waals surface area contributed by atoms with Crippen LogP contribution in [0.15, 0.2) is 28.9 Å². The Bertz CT molecular complexity index is 654. The summed E-state index contributed by atoms with van der Waals surface area (Å²) in [5, 5.41) is 18.8. The van der Waals surface area contributed by atoms with Gasteiger partial charge in [-0.15, -0.1) is 0 Å². The van der Waals surface area contributed by atoms with Gasteiger partial charge in [-0.2, -0.15) is 5.10 Å². The molecule has 2 rings (SSSR count). The molecule has 0 unspecified atom stereocenters. The molecule has 21 heavy (non-hydrogen) atoms. The van der Waals surface area contributed by atoms with E-state index >= 15 is 0 Å². The highest BCUT2D eigenvalue weighted by Gasteiger charge is 2.16. The average molecular weight is 353 g/mol. The molecule has 6 nitrogen and oxygen atoms in total. The Labute approximate surface area is 131 Å². The second-order valence-electron chi connectivity index (χ2n) is 4.78. The molecule has 1 N–H and O–H groups in total. The molecule has 0 aliphatic heterocycles. The normalized spacial score (nSPS) is 10.8. The molecule has 0 bridgehead atoms. The molecule has 0 aliphatic rings. The van der Waals surface area contributed by atoms with E-state index in [1.165, 1.54) is 6.07 Å². The van der Waals surface area contributed by atoms with E-state index < -0.39 is 0 Å². The summed E-state index contributed by atoms with van der Waals surface area (Å²) in [7, 11) is 0. The number of aromatic nitrogens is 2. The lowest BCUT2D eigenvalue weighted by molar-refractivity contribution is -0.385. The van der Waals surface area contributed by atoms with Crippen LogP contribution in [0.1, 0.15) is 24.6 Å². The average Bonchev–Trinajstić information content (AvgIpc) is 2.87. The highest BCUT2D eigenvalue weighted by Crippen LogP contribution is 2.29. The van der Waals surface area contributed by atoms with Crippen LogP contribution in [0, 0.1) is 17.0 Å². The van der Waals surface area contributed by atoms with Crippen LogP contribution in [-0.4, -0.2) is 21.2 Å². The smallest absolute Gasteiger partial charge is 0.274 e. The lowest BCUT2D eigenvalue weighted by atomic mass is 10.2. The lowest BCUT2D eigenvalue weighted by Crippen LogP contribution is -2.14. The molecule has 0 saturated carbocycles. The summed E-state index contributed by atoms with van der Waals surface area (Å²) in [5.74, 6) is 0. The minimum Gasteiger partial charge on any atom is -0.311 e. The van der Waals surface area contributed by atoms with E-state index in [-0.39, 0.29) is 10.6 Å². The third kappa shape index (κ3) is 3.68. The summed E-state index contributed by atoms with van der Waals surface area (Å²) < 4.78 is 2.43. The summed E-state index contributed by atoms with van der Waals surface area (Å²) >= 11 is 3.44. The molecule has 0 fully saturated rings. The molecule has 1 heterocycles. The van der Waals surface area contributed by atoms with Crippen molar-refractivity contribution in [1.29, 1.82) is 0 Å². The Morgan fingerprint density at radius 3 is 2.90 bits per heavy atom. The predicted molar refractivity (Wildman–Crippen MR) is 84.7 cm³/mol. The van der Waals surface area contributed by atoms with Gasteiger partial charge in [0.15, 0.2) is 0 Å². The quantitative estimate of drug-likeness (QED) is 0.491. The summed E-state index contributed by atoms with van der Waals surface area (Å²) in [4.78, 5) is 10.7. The Kier molecular flexibility index (Phi) is 5.08. The third-order valence-corrected chi connectivity index (χ3v) is 3.72. The van der Waals surface area contributed by atoms with Crippen molar-refractivity contribution < 1.29 is 4.92 Å². The van der Waals surface area contributed by atoms with Gasteiger partial charge in [0, 0.05) is 28.8 Å². The summed E-state index contributed by atoms with van der Waals surface area (Å²) in [6.07, 6.45) is 2.87. The Hall–Kier alpha value is -1.73. The molecule has 1 aromatic carbocycles. The van der Waals surface area contributed by atoms with E-state index in [9.17, 15) is 10.1 Å². The topological polar surface area (TPSA) is 73.0 Å². The number of nitrogens with one attached hydrogen (secondary N) is 1. The van der Waals surface area contributed by atoms with Crippen LogP contribution >= 0.6 is 15.9 Å². The first-order chi connectivity index (χ1) is 10.0. The van der Waals surface area contributed by atoms with Crippen molar-refractivity contribution in [3.8, 4) is 5.69 Å². The summed E-state index contributed by atoms with van der Waals surface area (Å²) in [5.41, 5.74) is 2.27. The number of aryl methyl sites for hydroxylation is 1. The zero-order valence-corrected chi connectivity index (χ0v) is 13.6. The number of halogens is 1. The van der Waals surface area contributed by atoms with Crippen LogP contribution in [0.4, 0.5) is 5.69 Å². The SMILES string of the molecule is CCCNCc1ccn(-c2cc([N+](=O)[O-])c(C)cc2Br)n1. The van der Waals surface area contributed by atoms with Crippen LogP contribution in [-0.2, 0) is 6.54 Å². The van der Waals surface area contributed by atoms with Gasteiger partial charge in [0.25, 0.3) is 5.69 Å². The summed E-state index contributed by atoms with van der Waals surface area (Å²) in [6.45, 7) is 5.45. The molecular weight excluding hydrogens is 336 g/mol. The van der Waals surface area contributed by atoms with Gasteiger partial charge in [-0.25, -0.2) is 4.68 Å². The van der Waals surface area contributed by atoms with Gasteiger partial charge in [0.2, 0.25) is 0 Å². The molecule has 0 aliphatic carbocycles. The first-order valence-electron chi connectivity index (χ1n) is 6.73. The highest BCUT2D eigenvalue weighted by atomic mass is 79.9. The number of nitro groups is 1. The van der Waals surface area contributed by atoms with Crippen molar-refractivity contribution in [2.75, 3.05) is 6.54 Å². The maximum atomic E-state index is 11.0. The second kappa shape index (κ2) is 6.82. The zero-order valence-electron chi connectivity index (χ0n) is 12.0. The van der Waals surface area contributed by atoms with Crippen molar-refractivity contribution >= 4 is 21.6 Å². The van der Waals surface area contributed by atoms with Gasteiger partial charge in [-0.05, 0) is 48.0 Å². The number of nitrogens with zero attached hydrogens (tertiary/aromatic N) is 3. The second-order valence-corrected chi connectivity index (χ2v) is 5.63. The van der Waals surface area contributed by atoms with Crippen molar-refractivity contribution in [3.63, 3.8) is 0 Å². The van der Waals surface area contributed by atoms with E-state index in [4.69, 9.17) is 0 Å². The molecule has 0 saturated heterocycles. The van der Waals surface area contributed by atoms with Gasteiger partial charge in [0.1, 0.15) is 0 Å². The fraction of sp³-hybridized carbons (Fsp3) is 0.357. The molecule has 0 amide bonds. The zero-order chi connectivity index (χ0) is 15.4. The van der Waals surface area contributed by atoms with E-state index in [1.807, 2.05) is 12.3 Å². The van der Waals surface area contributed by atoms with E-state index in [1.54, 1.807) is 17.7 Å². The molecular formula is C14H17BrN4O2. The number of hydrogen-bond acceptors (Lipinski definition) is 4. The minimum atomic E-state index is -0.376. The van der Waals surface area contributed by atoms with E-state index in [2.05, 4.69) is 33.3 Å². The lowest BCUT2D eigenvalue weighted by Gasteiger charge is -2.06. The van der Waals surface area contributed by atoms with Crippen LogP contribution in [0.5, 0.6) is 0 Å².